The van der Waals surface area contributed by atoms with E-state index in [4.69, 9.17) is 4.55 Å². The molecule has 0 aliphatic heterocycles. The van der Waals surface area contributed by atoms with E-state index in [0.717, 1.165) is 25.7 Å². The van der Waals surface area contributed by atoms with Crippen molar-refractivity contribution in [2.45, 2.75) is 141 Å². The number of unbranched alkanes of at least 4 members (excludes halogenated alkanes) is 16. The van der Waals surface area contributed by atoms with Crippen LogP contribution in [0.3, 0.4) is 0 Å². The molecular weight excluding hydrogens is 372 g/mol. The van der Waals surface area contributed by atoms with Crippen molar-refractivity contribution in [1.82, 2.24) is 0 Å². The maximum Gasteiger partial charge on any atom is 0.264 e. The molecular formula is C23H48O4S. The topological polar surface area (TPSA) is 74.6 Å². The smallest absolute Gasteiger partial charge is 0.264 e. The Morgan fingerprint density at radius 2 is 0.893 bits per heavy atom. The molecule has 0 saturated carbocycles. The van der Waals surface area contributed by atoms with Gasteiger partial charge in [-0.05, 0) is 19.3 Å². The standard InChI is InChI=1S/C23H48O4S/c1-2-3-4-5-14-17-20-23(24)21-18-15-12-10-8-6-7-9-11-13-16-19-22-28(25,26)27/h23-24H,2-22H2,1H3,(H,25,26,27). The van der Waals surface area contributed by atoms with Crippen LogP contribution in [0.2, 0.25) is 0 Å². The van der Waals surface area contributed by atoms with E-state index in [9.17, 15) is 13.5 Å². The van der Waals surface area contributed by atoms with Crippen molar-refractivity contribution < 1.29 is 18.1 Å². The molecule has 0 amide bonds. The highest BCUT2D eigenvalue weighted by Gasteiger charge is 2.04. The molecule has 0 aliphatic rings. The Hall–Kier alpha value is -0.130. The minimum Gasteiger partial charge on any atom is -0.393 e. The summed E-state index contributed by atoms with van der Waals surface area (Å²) in [6, 6.07) is 0. The number of hydrogen-bond acceptors (Lipinski definition) is 3. The van der Waals surface area contributed by atoms with E-state index in [0.29, 0.717) is 6.42 Å². The van der Waals surface area contributed by atoms with Gasteiger partial charge in [-0.15, -0.1) is 0 Å². The van der Waals surface area contributed by atoms with E-state index in [2.05, 4.69) is 6.92 Å². The maximum atomic E-state index is 10.6. The molecule has 0 aromatic rings. The predicted molar refractivity (Wildman–Crippen MR) is 120 cm³/mol. The third-order valence-corrected chi connectivity index (χ3v) is 6.39. The maximum absolute atomic E-state index is 10.6. The van der Waals surface area contributed by atoms with Crippen LogP contribution in [-0.2, 0) is 10.1 Å². The molecule has 1 atom stereocenters. The number of rotatable bonds is 22. The molecule has 5 heteroatoms. The SMILES string of the molecule is CCCCCCCCC(O)CCCCCCCCCCCCCCS(=O)(=O)O. The van der Waals surface area contributed by atoms with E-state index >= 15 is 0 Å². The van der Waals surface area contributed by atoms with Crippen LogP contribution in [0.5, 0.6) is 0 Å². The molecule has 0 saturated heterocycles. The minimum absolute atomic E-state index is 0.0799. The Labute approximate surface area is 175 Å². The molecule has 0 spiro atoms. The quantitative estimate of drug-likeness (QED) is 0.145. The molecule has 0 rings (SSSR count). The zero-order valence-corrected chi connectivity index (χ0v) is 19.4. The fraction of sp³-hybridized carbons (Fsp3) is 1.00. The second-order valence-electron chi connectivity index (χ2n) is 8.53. The van der Waals surface area contributed by atoms with Crippen molar-refractivity contribution in [2.24, 2.45) is 0 Å². The minimum atomic E-state index is -3.77. The predicted octanol–water partition coefficient (Wildman–Crippen LogP) is 7.06. The van der Waals surface area contributed by atoms with Gasteiger partial charge in [0.1, 0.15) is 0 Å². The summed E-state index contributed by atoms with van der Waals surface area (Å²) in [4.78, 5) is 0. The third kappa shape index (κ3) is 23.9. The van der Waals surface area contributed by atoms with Gasteiger partial charge in [-0.25, -0.2) is 0 Å². The summed E-state index contributed by atoms with van der Waals surface area (Å²) in [6.45, 7) is 2.24. The summed E-state index contributed by atoms with van der Waals surface area (Å²) >= 11 is 0. The van der Waals surface area contributed by atoms with Crippen LogP contribution in [0.4, 0.5) is 0 Å². The lowest BCUT2D eigenvalue weighted by molar-refractivity contribution is 0.147. The Morgan fingerprint density at radius 3 is 1.25 bits per heavy atom. The van der Waals surface area contributed by atoms with Crippen molar-refractivity contribution in [3.63, 3.8) is 0 Å². The molecule has 0 bridgehead atoms. The molecule has 0 aliphatic carbocycles. The van der Waals surface area contributed by atoms with Gasteiger partial charge in [0, 0.05) is 0 Å². The first-order valence-corrected chi connectivity index (χ1v) is 13.7. The molecule has 0 radical (unpaired) electrons. The highest BCUT2D eigenvalue weighted by Crippen LogP contribution is 2.15. The fourth-order valence-corrected chi connectivity index (χ4v) is 4.31. The normalized spacial score (nSPS) is 13.1. The van der Waals surface area contributed by atoms with Gasteiger partial charge < -0.3 is 5.11 Å². The van der Waals surface area contributed by atoms with Crippen molar-refractivity contribution in [3.05, 3.63) is 0 Å². The molecule has 4 nitrogen and oxygen atoms in total. The van der Waals surface area contributed by atoms with Crippen molar-refractivity contribution in [3.8, 4) is 0 Å². The van der Waals surface area contributed by atoms with Crippen LogP contribution in [0, 0.1) is 0 Å². The van der Waals surface area contributed by atoms with Gasteiger partial charge in [0.25, 0.3) is 10.1 Å². The first kappa shape index (κ1) is 27.9. The van der Waals surface area contributed by atoms with Crippen molar-refractivity contribution in [1.29, 1.82) is 0 Å². The first-order valence-electron chi connectivity index (χ1n) is 12.1. The van der Waals surface area contributed by atoms with Gasteiger partial charge in [-0.3, -0.25) is 4.55 Å². The molecule has 0 aromatic carbocycles. The van der Waals surface area contributed by atoms with Gasteiger partial charge in [-0.2, -0.15) is 8.42 Å². The molecule has 2 N–H and O–H groups in total. The second kappa shape index (κ2) is 20.2. The third-order valence-electron chi connectivity index (χ3n) is 5.58. The van der Waals surface area contributed by atoms with Crippen molar-refractivity contribution >= 4 is 10.1 Å². The molecule has 0 fully saturated rings. The number of aliphatic hydroxyl groups is 1. The lowest BCUT2D eigenvalue weighted by atomic mass is 10.0. The highest BCUT2D eigenvalue weighted by molar-refractivity contribution is 7.85. The number of aliphatic hydroxyl groups excluding tert-OH is 1. The Bertz CT molecular complexity index is 409. The fourth-order valence-electron chi connectivity index (χ4n) is 3.74. The van der Waals surface area contributed by atoms with Gasteiger partial charge in [0.2, 0.25) is 0 Å². The first-order chi connectivity index (χ1) is 13.5. The molecule has 28 heavy (non-hydrogen) atoms. The molecule has 0 heterocycles. The summed E-state index contributed by atoms with van der Waals surface area (Å²) < 4.78 is 29.8. The van der Waals surface area contributed by atoms with E-state index < -0.39 is 10.1 Å². The van der Waals surface area contributed by atoms with Gasteiger partial charge >= 0.3 is 0 Å². The van der Waals surface area contributed by atoms with E-state index in [-0.39, 0.29) is 11.9 Å². The van der Waals surface area contributed by atoms with Crippen LogP contribution in [0.15, 0.2) is 0 Å². The van der Waals surface area contributed by atoms with Crippen LogP contribution < -0.4 is 0 Å². The van der Waals surface area contributed by atoms with Crippen LogP contribution in [0.25, 0.3) is 0 Å². The molecule has 0 aromatic heterocycles. The average molecular weight is 421 g/mol. The Balaban J connectivity index is 3.17. The van der Waals surface area contributed by atoms with Crippen LogP contribution in [-0.4, -0.2) is 29.9 Å². The largest absolute Gasteiger partial charge is 0.393 e. The summed E-state index contributed by atoms with van der Waals surface area (Å²) in [6.07, 6.45) is 23.5. The lowest BCUT2D eigenvalue weighted by Gasteiger charge is -2.10. The Morgan fingerprint density at radius 1 is 0.571 bits per heavy atom. The van der Waals surface area contributed by atoms with E-state index in [1.54, 1.807) is 0 Å². The second-order valence-corrected chi connectivity index (χ2v) is 10.1. The monoisotopic (exact) mass is 420 g/mol. The van der Waals surface area contributed by atoms with Gasteiger partial charge in [0.05, 0.1) is 11.9 Å². The number of hydrogen-bond donors (Lipinski definition) is 2. The summed E-state index contributed by atoms with van der Waals surface area (Å²) in [7, 11) is -3.77. The molecule has 1 unspecified atom stereocenters. The lowest BCUT2D eigenvalue weighted by Crippen LogP contribution is -2.05. The highest BCUT2D eigenvalue weighted by atomic mass is 32.2. The molecule has 170 valence electrons. The Kier molecular flexibility index (Phi) is 20.1. The average Bonchev–Trinajstić information content (AvgIpc) is 2.64. The zero-order valence-electron chi connectivity index (χ0n) is 18.5. The van der Waals surface area contributed by atoms with E-state index in [1.165, 1.54) is 96.3 Å². The van der Waals surface area contributed by atoms with Gasteiger partial charge in [-0.1, -0.05) is 116 Å². The van der Waals surface area contributed by atoms with Crippen molar-refractivity contribution in [2.75, 3.05) is 5.75 Å². The summed E-state index contributed by atoms with van der Waals surface area (Å²) in [5, 5.41) is 10.0. The van der Waals surface area contributed by atoms with Crippen LogP contribution in [0.1, 0.15) is 135 Å². The summed E-state index contributed by atoms with van der Waals surface area (Å²) in [5.74, 6) is -0.0942. The zero-order chi connectivity index (χ0) is 20.9. The van der Waals surface area contributed by atoms with E-state index in [1.807, 2.05) is 0 Å². The summed E-state index contributed by atoms with van der Waals surface area (Å²) in [5.41, 5.74) is 0. The van der Waals surface area contributed by atoms with Gasteiger partial charge in [0.15, 0.2) is 0 Å². The van der Waals surface area contributed by atoms with Crippen LogP contribution >= 0.6 is 0 Å².